The Morgan fingerprint density at radius 3 is 2.23 bits per heavy atom. The van der Waals surface area contributed by atoms with Gasteiger partial charge in [-0.1, -0.05) is 60.1 Å². The van der Waals surface area contributed by atoms with Crippen molar-refractivity contribution in [3.05, 3.63) is 79.4 Å². The van der Waals surface area contributed by atoms with Gasteiger partial charge in [-0.3, -0.25) is 4.90 Å². The average molecular weight is 521 g/mol. The van der Waals surface area contributed by atoms with Crippen molar-refractivity contribution in [3.63, 3.8) is 0 Å². The molecule has 0 bridgehead atoms. The molecule has 5 nitrogen and oxygen atoms in total. The Hall–Kier alpha value is -2.35. The molecule has 1 N–H and O–H groups in total. The minimum absolute atomic E-state index is 0.0938. The lowest BCUT2D eigenvalue weighted by molar-refractivity contribution is -0.142. The second-order valence-electron chi connectivity index (χ2n) is 7.10. The highest BCUT2D eigenvalue weighted by Crippen LogP contribution is 2.44. The van der Waals surface area contributed by atoms with E-state index in [0.717, 1.165) is 33.6 Å². The maximum atomic E-state index is 13.0. The van der Waals surface area contributed by atoms with Crippen LogP contribution in [0.15, 0.2) is 59.1 Å². The summed E-state index contributed by atoms with van der Waals surface area (Å²) in [5.41, 5.74) is 4.47. The lowest BCUT2D eigenvalue weighted by atomic mass is 9.98. The van der Waals surface area contributed by atoms with Gasteiger partial charge >= 0.3 is 12.1 Å². The van der Waals surface area contributed by atoms with Gasteiger partial charge in [-0.2, -0.15) is 0 Å². The Kier molecular flexibility index (Phi) is 6.36. The van der Waals surface area contributed by atoms with Crippen molar-refractivity contribution in [1.29, 1.82) is 0 Å². The predicted molar refractivity (Wildman–Crippen MR) is 125 cm³/mol. The highest BCUT2D eigenvalue weighted by Gasteiger charge is 2.35. The lowest BCUT2D eigenvalue weighted by Gasteiger charge is -2.27. The number of carboxylic acids is 1. The molecule has 1 unspecified atom stereocenters. The van der Waals surface area contributed by atoms with Gasteiger partial charge < -0.3 is 9.84 Å². The molecule has 4 rings (SSSR count). The molecule has 1 aliphatic carbocycles. The average Bonchev–Trinajstić information content (AvgIpc) is 3.26. The van der Waals surface area contributed by atoms with Crippen LogP contribution < -0.4 is 0 Å². The largest absolute Gasteiger partial charge is 0.479 e. The number of ether oxygens (including phenoxy) is 1. The molecule has 2 aromatic carbocycles. The third-order valence-corrected chi connectivity index (χ3v) is 7.92. The van der Waals surface area contributed by atoms with Crippen LogP contribution in [0.1, 0.15) is 34.9 Å². The van der Waals surface area contributed by atoms with E-state index in [-0.39, 0.29) is 19.1 Å². The van der Waals surface area contributed by atoms with E-state index >= 15 is 0 Å². The third-order valence-electron chi connectivity index (χ3n) is 5.39. The zero-order valence-corrected chi connectivity index (χ0v) is 19.7. The molecule has 0 spiro atoms. The number of hydrogen-bond acceptors (Lipinski definition) is 4. The summed E-state index contributed by atoms with van der Waals surface area (Å²) in [6, 6.07) is 16.6. The van der Waals surface area contributed by atoms with Crippen molar-refractivity contribution in [1.82, 2.24) is 4.90 Å². The Labute approximate surface area is 197 Å². The van der Waals surface area contributed by atoms with Gasteiger partial charge in [0, 0.05) is 21.8 Å². The molecule has 0 aliphatic heterocycles. The van der Waals surface area contributed by atoms with Crippen molar-refractivity contribution in [3.8, 4) is 11.1 Å². The van der Waals surface area contributed by atoms with E-state index in [1.165, 1.54) is 4.90 Å². The summed E-state index contributed by atoms with van der Waals surface area (Å²) in [5, 5.41) is 9.82. The van der Waals surface area contributed by atoms with Gasteiger partial charge in [-0.25, -0.2) is 9.59 Å². The number of hydrogen-bond donors (Lipinski definition) is 1. The van der Waals surface area contributed by atoms with Crippen LogP contribution in [-0.2, 0) is 9.53 Å². The summed E-state index contributed by atoms with van der Waals surface area (Å²) in [4.78, 5) is 26.6. The van der Waals surface area contributed by atoms with Gasteiger partial charge in [0.15, 0.2) is 6.04 Å². The molecule has 1 heterocycles. The first-order chi connectivity index (χ1) is 14.9. The van der Waals surface area contributed by atoms with Crippen molar-refractivity contribution in [2.75, 3.05) is 13.2 Å². The van der Waals surface area contributed by atoms with Gasteiger partial charge in [-0.05, 0) is 51.2 Å². The molecular weight excluding hydrogens is 502 g/mol. The fourth-order valence-electron chi connectivity index (χ4n) is 4.00. The van der Waals surface area contributed by atoms with Crippen LogP contribution in [0.4, 0.5) is 4.79 Å². The highest BCUT2D eigenvalue weighted by atomic mass is 79.9. The zero-order valence-electron chi connectivity index (χ0n) is 16.5. The van der Waals surface area contributed by atoms with E-state index in [9.17, 15) is 14.7 Å². The third kappa shape index (κ3) is 4.10. The van der Waals surface area contributed by atoms with E-state index in [2.05, 4.69) is 28.1 Å². The van der Waals surface area contributed by atoms with Crippen molar-refractivity contribution >= 4 is 50.9 Å². The molecule has 0 radical (unpaired) electrons. The number of amides is 1. The van der Waals surface area contributed by atoms with Gasteiger partial charge in [0.2, 0.25) is 0 Å². The van der Waals surface area contributed by atoms with Crippen LogP contribution >= 0.6 is 38.9 Å². The molecule has 8 heteroatoms. The number of fused-ring (bicyclic) bond motifs is 3. The second-order valence-corrected chi connectivity index (χ2v) is 9.64. The molecule has 1 amide bonds. The Balaban J connectivity index is 1.56. The van der Waals surface area contributed by atoms with Crippen LogP contribution in [0, 0.1) is 0 Å². The maximum Gasteiger partial charge on any atom is 0.410 e. The number of likely N-dealkylation sites (N-methyl/N-ethyl adjacent to an activating group) is 1. The fourth-order valence-corrected chi connectivity index (χ4v) is 5.84. The van der Waals surface area contributed by atoms with E-state index in [1.807, 2.05) is 36.4 Å². The smallest absolute Gasteiger partial charge is 0.410 e. The van der Waals surface area contributed by atoms with Crippen LogP contribution in [-0.4, -0.2) is 35.2 Å². The normalized spacial score (nSPS) is 13.4. The topological polar surface area (TPSA) is 66.8 Å². The summed E-state index contributed by atoms with van der Waals surface area (Å²) >= 11 is 10.5. The van der Waals surface area contributed by atoms with Crippen LogP contribution in [0.2, 0.25) is 4.34 Å². The first kappa shape index (κ1) is 21.9. The molecule has 0 fully saturated rings. The van der Waals surface area contributed by atoms with Gasteiger partial charge in [-0.15, -0.1) is 11.3 Å². The summed E-state index contributed by atoms with van der Waals surface area (Å²) in [6.45, 7) is 2.03. The number of carboxylic acid groups (broad SMARTS) is 1. The van der Waals surface area contributed by atoms with Crippen LogP contribution in [0.3, 0.4) is 0 Å². The Morgan fingerprint density at radius 2 is 1.74 bits per heavy atom. The molecule has 1 aromatic heterocycles. The van der Waals surface area contributed by atoms with Crippen molar-refractivity contribution < 1.29 is 19.4 Å². The highest BCUT2D eigenvalue weighted by molar-refractivity contribution is 9.10. The standard InChI is InChI=1S/C23H19BrClNO4S/c1-2-26(20(22(27)28)19-11-18(24)21(25)31-19)23(29)30-12-17-15-9-5-3-7-13(15)14-8-4-6-10-16(14)17/h3-11,17,20H,2,12H2,1H3,(H,27,28). The number of nitrogens with zero attached hydrogens (tertiary/aromatic N) is 1. The second kappa shape index (κ2) is 9.02. The Bertz CT molecular complexity index is 1080. The number of aliphatic carboxylic acids is 1. The molecule has 1 aliphatic rings. The number of halogens is 2. The van der Waals surface area contributed by atoms with Crippen LogP contribution in [0.5, 0.6) is 0 Å². The van der Waals surface area contributed by atoms with Crippen molar-refractivity contribution in [2.45, 2.75) is 18.9 Å². The van der Waals surface area contributed by atoms with Gasteiger partial charge in [0.1, 0.15) is 10.9 Å². The number of benzene rings is 2. The zero-order chi connectivity index (χ0) is 22.1. The van der Waals surface area contributed by atoms with Crippen LogP contribution in [0.25, 0.3) is 11.1 Å². The summed E-state index contributed by atoms with van der Waals surface area (Å²) in [5.74, 6) is -1.23. The van der Waals surface area contributed by atoms with Gasteiger partial charge in [0.05, 0.1) is 0 Å². The SMILES string of the molecule is CCN(C(=O)OCC1c2ccccc2-c2ccccc21)C(C(=O)O)c1cc(Br)c(Cl)s1. The first-order valence-corrected chi connectivity index (χ1v) is 11.7. The van der Waals surface area contributed by atoms with Gasteiger partial charge in [0.25, 0.3) is 0 Å². The Morgan fingerprint density at radius 1 is 1.16 bits per heavy atom. The summed E-state index contributed by atoms with van der Waals surface area (Å²) in [7, 11) is 0. The molecular formula is C23H19BrClNO4S. The number of carbonyl (C=O) groups is 2. The molecule has 3 aromatic rings. The number of thiophene rings is 1. The molecule has 31 heavy (non-hydrogen) atoms. The maximum absolute atomic E-state index is 13.0. The monoisotopic (exact) mass is 519 g/mol. The van der Waals surface area contributed by atoms with E-state index in [0.29, 0.717) is 13.7 Å². The summed E-state index contributed by atoms with van der Waals surface area (Å²) < 4.78 is 6.70. The molecule has 0 saturated heterocycles. The quantitative estimate of drug-likeness (QED) is 0.400. The lowest BCUT2D eigenvalue weighted by Crippen LogP contribution is -2.39. The predicted octanol–water partition coefficient (Wildman–Crippen LogP) is 6.56. The van der Waals surface area contributed by atoms with E-state index < -0.39 is 18.1 Å². The minimum Gasteiger partial charge on any atom is -0.479 e. The molecule has 0 saturated carbocycles. The first-order valence-electron chi connectivity index (χ1n) is 9.71. The van der Waals surface area contributed by atoms with Crippen molar-refractivity contribution in [2.24, 2.45) is 0 Å². The number of rotatable bonds is 6. The number of carbonyl (C=O) groups excluding carboxylic acids is 1. The van der Waals surface area contributed by atoms with E-state index in [1.54, 1.807) is 13.0 Å². The fraction of sp³-hybridized carbons (Fsp3) is 0.217. The van der Waals surface area contributed by atoms with E-state index in [4.69, 9.17) is 16.3 Å². The summed E-state index contributed by atoms with van der Waals surface area (Å²) in [6.07, 6.45) is -0.669. The minimum atomic E-state index is -1.17. The molecule has 1 atom stereocenters. The molecule has 160 valence electrons.